The molecular weight excluding hydrogens is 302 g/mol. The number of hydrogen-bond acceptors (Lipinski definition) is 3. The lowest BCUT2D eigenvalue weighted by molar-refractivity contribution is 0.0948. The Kier molecular flexibility index (Phi) is 4.91. The second-order valence-corrected chi connectivity index (χ2v) is 5.64. The van der Waals surface area contributed by atoms with Crippen molar-refractivity contribution < 1.29 is 9.53 Å². The first kappa shape index (κ1) is 16.2. The van der Waals surface area contributed by atoms with Crippen LogP contribution in [0.5, 0.6) is 0 Å². The number of fused-ring (bicyclic) bond motifs is 1. The van der Waals surface area contributed by atoms with Gasteiger partial charge in [0, 0.05) is 31.5 Å². The summed E-state index contributed by atoms with van der Waals surface area (Å²) in [5.41, 5.74) is 3.50. The number of aromatic nitrogens is 2. The average molecular weight is 323 g/mol. The van der Waals surface area contributed by atoms with Crippen LogP contribution in [-0.2, 0) is 4.74 Å². The molecule has 3 rings (SSSR count). The van der Waals surface area contributed by atoms with Crippen LogP contribution in [0.1, 0.15) is 22.6 Å². The van der Waals surface area contributed by atoms with Crippen molar-refractivity contribution in [1.29, 1.82) is 0 Å². The van der Waals surface area contributed by atoms with Gasteiger partial charge in [-0.25, -0.2) is 4.98 Å². The van der Waals surface area contributed by atoms with E-state index in [-0.39, 0.29) is 5.91 Å². The highest BCUT2D eigenvalue weighted by Gasteiger charge is 2.12. The molecule has 1 N–H and O–H groups in total. The SMILES string of the molecule is COCCCNC(=O)c1ccc2c(c1)nc(C)n2-c1ccccc1. The standard InChI is InChI=1S/C19H21N3O2/c1-14-21-17-13-15(19(23)20-11-6-12-24-2)9-10-18(17)22(14)16-7-4-3-5-8-16/h3-5,7-10,13H,6,11-12H2,1-2H3,(H,20,23). The molecule has 0 aliphatic carbocycles. The first-order valence-corrected chi connectivity index (χ1v) is 8.02. The highest BCUT2D eigenvalue weighted by molar-refractivity contribution is 5.97. The van der Waals surface area contributed by atoms with Crippen LogP contribution in [0, 0.1) is 6.92 Å². The summed E-state index contributed by atoms with van der Waals surface area (Å²) in [4.78, 5) is 16.8. The molecule has 0 bridgehead atoms. The lowest BCUT2D eigenvalue weighted by Gasteiger charge is -2.07. The fourth-order valence-corrected chi connectivity index (χ4v) is 2.77. The third kappa shape index (κ3) is 3.31. The van der Waals surface area contributed by atoms with Gasteiger partial charge in [0.15, 0.2) is 0 Å². The van der Waals surface area contributed by atoms with Crippen LogP contribution in [-0.4, -0.2) is 35.7 Å². The van der Waals surface area contributed by atoms with Gasteiger partial charge in [0.05, 0.1) is 11.0 Å². The van der Waals surface area contributed by atoms with Gasteiger partial charge in [-0.15, -0.1) is 0 Å². The molecule has 0 aliphatic rings. The quantitative estimate of drug-likeness (QED) is 0.709. The van der Waals surface area contributed by atoms with E-state index < -0.39 is 0 Å². The average Bonchev–Trinajstić information content (AvgIpc) is 2.94. The molecule has 24 heavy (non-hydrogen) atoms. The number of nitrogens with zero attached hydrogens (tertiary/aromatic N) is 2. The van der Waals surface area contributed by atoms with Gasteiger partial charge in [0.2, 0.25) is 0 Å². The van der Waals surface area contributed by atoms with E-state index in [1.165, 1.54) is 0 Å². The summed E-state index contributed by atoms with van der Waals surface area (Å²) in [5.74, 6) is 0.814. The van der Waals surface area contributed by atoms with Crippen molar-refractivity contribution >= 4 is 16.9 Å². The summed E-state index contributed by atoms with van der Waals surface area (Å²) in [6.45, 7) is 3.21. The summed E-state index contributed by atoms with van der Waals surface area (Å²) >= 11 is 0. The number of imidazole rings is 1. The van der Waals surface area contributed by atoms with Crippen molar-refractivity contribution in [2.45, 2.75) is 13.3 Å². The number of para-hydroxylation sites is 1. The minimum absolute atomic E-state index is 0.0834. The van der Waals surface area contributed by atoms with Crippen LogP contribution < -0.4 is 5.32 Å². The number of carbonyl (C=O) groups excluding carboxylic acids is 1. The Hall–Kier alpha value is -2.66. The highest BCUT2D eigenvalue weighted by Crippen LogP contribution is 2.22. The number of nitrogens with one attached hydrogen (secondary N) is 1. The van der Waals surface area contributed by atoms with E-state index in [1.54, 1.807) is 7.11 Å². The van der Waals surface area contributed by atoms with Crippen molar-refractivity contribution in [2.75, 3.05) is 20.3 Å². The summed E-state index contributed by atoms with van der Waals surface area (Å²) in [6.07, 6.45) is 0.798. The molecule has 1 aromatic heterocycles. The van der Waals surface area contributed by atoms with E-state index in [0.717, 1.165) is 29.0 Å². The number of methoxy groups -OCH3 is 1. The summed E-state index contributed by atoms with van der Waals surface area (Å²) in [7, 11) is 1.65. The maximum atomic E-state index is 12.2. The van der Waals surface area contributed by atoms with Gasteiger partial charge < -0.3 is 10.1 Å². The van der Waals surface area contributed by atoms with E-state index in [2.05, 4.69) is 14.9 Å². The molecule has 3 aromatic rings. The van der Waals surface area contributed by atoms with Crippen LogP contribution in [0.15, 0.2) is 48.5 Å². The molecule has 5 nitrogen and oxygen atoms in total. The van der Waals surface area contributed by atoms with E-state index in [9.17, 15) is 4.79 Å². The van der Waals surface area contributed by atoms with Gasteiger partial charge in [-0.1, -0.05) is 18.2 Å². The first-order valence-electron chi connectivity index (χ1n) is 8.02. The number of benzene rings is 2. The van der Waals surface area contributed by atoms with Gasteiger partial charge in [0.1, 0.15) is 5.82 Å². The number of amides is 1. The lowest BCUT2D eigenvalue weighted by Crippen LogP contribution is -2.25. The molecular formula is C19H21N3O2. The van der Waals surface area contributed by atoms with Crippen LogP contribution in [0.2, 0.25) is 0 Å². The van der Waals surface area contributed by atoms with Gasteiger partial charge in [-0.05, 0) is 43.7 Å². The summed E-state index contributed by atoms with van der Waals surface area (Å²) < 4.78 is 7.07. The molecule has 2 aromatic carbocycles. The Morgan fingerprint density at radius 1 is 1.21 bits per heavy atom. The van der Waals surface area contributed by atoms with Gasteiger partial charge >= 0.3 is 0 Å². The zero-order valence-corrected chi connectivity index (χ0v) is 14.0. The number of aryl methyl sites for hydroxylation is 1. The zero-order valence-electron chi connectivity index (χ0n) is 14.0. The maximum absolute atomic E-state index is 12.2. The highest BCUT2D eigenvalue weighted by atomic mass is 16.5. The lowest BCUT2D eigenvalue weighted by atomic mass is 10.2. The molecule has 5 heteroatoms. The van der Waals surface area contributed by atoms with E-state index in [1.807, 2.05) is 55.5 Å². The van der Waals surface area contributed by atoms with E-state index >= 15 is 0 Å². The first-order chi connectivity index (χ1) is 11.7. The van der Waals surface area contributed by atoms with Crippen molar-refractivity contribution in [3.8, 4) is 5.69 Å². The summed E-state index contributed by atoms with van der Waals surface area (Å²) in [6, 6.07) is 15.7. The molecule has 0 saturated heterocycles. The van der Waals surface area contributed by atoms with E-state index in [4.69, 9.17) is 4.74 Å². The number of rotatable bonds is 6. The molecule has 0 fully saturated rings. The predicted molar refractivity (Wildman–Crippen MR) is 94.6 cm³/mol. The van der Waals surface area contributed by atoms with Crippen LogP contribution in [0.4, 0.5) is 0 Å². The molecule has 0 radical (unpaired) electrons. The molecule has 1 heterocycles. The monoisotopic (exact) mass is 323 g/mol. The Balaban J connectivity index is 1.86. The fourth-order valence-electron chi connectivity index (χ4n) is 2.77. The minimum Gasteiger partial charge on any atom is -0.385 e. The van der Waals surface area contributed by atoms with Gasteiger partial charge in [-0.3, -0.25) is 9.36 Å². The zero-order chi connectivity index (χ0) is 16.9. The second-order valence-electron chi connectivity index (χ2n) is 5.64. The molecule has 0 unspecified atom stereocenters. The van der Waals surface area contributed by atoms with Crippen molar-refractivity contribution in [3.05, 3.63) is 59.9 Å². The normalized spacial score (nSPS) is 10.9. The van der Waals surface area contributed by atoms with Crippen molar-refractivity contribution in [2.24, 2.45) is 0 Å². The Bertz CT molecular complexity index is 840. The second kappa shape index (κ2) is 7.27. The molecule has 0 saturated carbocycles. The van der Waals surface area contributed by atoms with Crippen molar-refractivity contribution in [1.82, 2.24) is 14.9 Å². The molecule has 124 valence electrons. The van der Waals surface area contributed by atoms with Crippen molar-refractivity contribution in [3.63, 3.8) is 0 Å². The third-order valence-corrected chi connectivity index (χ3v) is 3.91. The van der Waals surface area contributed by atoms with Crippen LogP contribution >= 0.6 is 0 Å². The molecule has 0 aliphatic heterocycles. The molecule has 0 spiro atoms. The van der Waals surface area contributed by atoms with Gasteiger partial charge in [0.25, 0.3) is 5.91 Å². The number of ether oxygens (including phenoxy) is 1. The number of hydrogen-bond donors (Lipinski definition) is 1. The van der Waals surface area contributed by atoms with Gasteiger partial charge in [-0.2, -0.15) is 0 Å². The Labute approximate surface area is 141 Å². The maximum Gasteiger partial charge on any atom is 0.251 e. The topological polar surface area (TPSA) is 56.1 Å². The molecule has 0 atom stereocenters. The Morgan fingerprint density at radius 3 is 2.75 bits per heavy atom. The predicted octanol–water partition coefficient (Wildman–Crippen LogP) is 3.10. The van der Waals surface area contributed by atoms with Crippen LogP contribution in [0.3, 0.4) is 0 Å². The smallest absolute Gasteiger partial charge is 0.251 e. The number of carbonyl (C=O) groups is 1. The summed E-state index contributed by atoms with van der Waals surface area (Å²) in [5, 5.41) is 2.90. The largest absolute Gasteiger partial charge is 0.385 e. The Morgan fingerprint density at radius 2 is 2.00 bits per heavy atom. The third-order valence-electron chi connectivity index (χ3n) is 3.91. The fraction of sp³-hybridized carbons (Fsp3) is 0.263. The molecule has 1 amide bonds. The van der Waals surface area contributed by atoms with Crippen LogP contribution in [0.25, 0.3) is 16.7 Å². The minimum atomic E-state index is -0.0834. The van der Waals surface area contributed by atoms with E-state index in [0.29, 0.717) is 18.7 Å².